The average molecular weight is 310 g/mol. The molecule has 1 saturated heterocycles. The second-order valence-corrected chi connectivity index (χ2v) is 5.88. The van der Waals surface area contributed by atoms with Crippen LogP contribution < -0.4 is 0 Å². The highest BCUT2D eigenvalue weighted by Gasteiger charge is 2.31. The maximum Gasteiger partial charge on any atom is 0.224 e. The number of amides is 1. The molecular formula is C16H18N6O. The van der Waals surface area contributed by atoms with E-state index in [9.17, 15) is 4.79 Å². The van der Waals surface area contributed by atoms with E-state index in [-0.39, 0.29) is 11.9 Å². The molecule has 1 atom stereocenters. The molecule has 23 heavy (non-hydrogen) atoms. The second-order valence-electron chi connectivity index (χ2n) is 5.88. The van der Waals surface area contributed by atoms with E-state index in [2.05, 4.69) is 27.2 Å². The highest BCUT2D eigenvalue weighted by Crippen LogP contribution is 2.24. The largest absolute Gasteiger partial charge is 0.340 e. The number of likely N-dealkylation sites (tertiary alicyclic amines) is 1. The summed E-state index contributed by atoms with van der Waals surface area (Å²) in [5, 5.41) is 8.41. The van der Waals surface area contributed by atoms with E-state index in [0.29, 0.717) is 24.5 Å². The molecule has 3 heterocycles. The number of benzene rings is 1. The van der Waals surface area contributed by atoms with Gasteiger partial charge < -0.3 is 9.88 Å². The van der Waals surface area contributed by atoms with Gasteiger partial charge in [-0.05, 0) is 18.6 Å². The number of hydrogen-bond donors (Lipinski definition) is 1. The number of carbonyl (C=O) groups is 1. The van der Waals surface area contributed by atoms with Crippen LogP contribution in [-0.2, 0) is 4.79 Å². The second kappa shape index (κ2) is 5.49. The van der Waals surface area contributed by atoms with Gasteiger partial charge in [-0.25, -0.2) is 9.67 Å². The van der Waals surface area contributed by atoms with E-state index in [1.165, 1.54) is 0 Å². The molecule has 7 heteroatoms. The molecule has 2 aromatic heterocycles. The molecule has 1 aliphatic rings. The fourth-order valence-electron chi connectivity index (χ4n) is 3.05. The van der Waals surface area contributed by atoms with E-state index in [4.69, 9.17) is 0 Å². The fraction of sp³-hybridized carbons (Fsp3) is 0.375. The smallest absolute Gasteiger partial charge is 0.224 e. The molecule has 0 spiro atoms. The van der Waals surface area contributed by atoms with Crippen LogP contribution in [0.4, 0.5) is 0 Å². The van der Waals surface area contributed by atoms with Crippen molar-refractivity contribution in [3.05, 3.63) is 30.5 Å². The Hall–Kier alpha value is -2.70. The van der Waals surface area contributed by atoms with Gasteiger partial charge in [-0.3, -0.25) is 4.79 Å². The number of H-pyrrole nitrogens is 1. The summed E-state index contributed by atoms with van der Waals surface area (Å²) in [5.41, 5.74) is 2.58. The monoisotopic (exact) mass is 310 g/mol. The predicted molar refractivity (Wildman–Crippen MR) is 85.6 cm³/mol. The summed E-state index contributed by atoms with van der Waals surface area (Å²) in [6, 6.07) is 7.91. The van der Waals surface area contributed by atoms with Crippen molar-refractivity contribution in [1.82, 2.24) is 29.9 Å². The van der Waals surface area contributed by atoms with Crippen LogP contribution in [0.15, 0.2) is 30.5 Å². The molecule has 1 aliphatic heterocycles. The Morgan fingerprint density at radius 2 is 2.22 bits per heavy atom. The van der Waals surface area contributed by atoms with E-state index in [1.54, 1.807) is 4.68 Å². The van der Waals surface area contributed by atoms with Crippen molar-refractivity contribution in [1.29, 1.82) is 0 Å². The lowest BCUT2D eigenvalue weighted by atomic mass is 10.2. The van der Waals surface area contributed by atoms with Crippen LogP contribution in [0.1, 0.15) is 25.8 Å². The van der Waals surface area contributed by atoms with E-state index >= 15 is 0 Å². The predicted octanol–water partition coefficient (Wildman–Crippen LogP) is 2.00. The van der Waals surface area contributed by atoms with Gasteiger partial charge in [0, 0.05) is 13.1 Å². The third-order valence-electron chi connectivity index (χ3n) is 4.20. The lowest BCUT2D eigenvalue weighted by molar-refractivity contribution is -0.127. The lowest BCUT2D eigenvalue weighted by Gasteiger charge is -2.14. The molecule has 0 radical (unpaired) electrons. The maximum atomic E-state index is 12.0. The summed E-state index contributed by atoms with van der Waals surface area (Å²) >= 11 is 0. The number of aromatic amines is 1. The molecule has 1 aromatic carbocycles. The molecule has 0 aliphatic carbocycles. The number of rotatable bonds is 4. The number of aromatic nitrogens is 5. The molecule has 7 nitrogen and oxygen atoms in total. The standard InChI is InChI=1S/C16H18N6O/c1-2-7-21-9-11(8-15(21)23)22-10-14(19-20-22)16-17-12-5-3-4-6-13(12)18-16/h3-6,10-11H,2,7-9H2,1H3,(H,17,18)/t11-/m1/s1. The Morgan fingerprint density at radius 3 is 3.04 bits per heavy atom. The van der Waals surface area contributed by atoms with Crippen molar-refractivity contribution in [3.8, 4) is 11.5 Å². The fourth-order valence-corrected chi connectivity index (χ4v) is 3.05. The van der Waals surface area contributed by atoms with Crippen molar-refractivity contribution in [2.75, 3.05) is 13.1 Å². The van der Waals surface area contributed by atoms with Gasteiger partial charge in [0.1, 0.15) is 5.69 Å². The Kier molecular flexibility index (Phi) is 3.33. The lowest BCUT2D eigenvalue weighted by Crippen LogP contribution is -2.26. The van der Waals surface area contributed by atoms with E-state index in [1.807, 2.05) is 35.4 Å². The first-order chi connectivity index (χ1) is 11.2. The molecular weight excluding hydrogens is 292 g/mol. The van der Waals surface area contributed by atoms with E-state index < -0.39 is 0 Å². The molecule has 118 valence electrons. The minimum absolute atomic E-state index is 0.0553. The summed E-state index contributed by atoms with van der Waals surface area (Å²) < 4.78 is 1.79. The van der Waals surface area contributed by atoms with Gasteiger partial charge in [0.2, 0.25) is 5.91 Å². The normalized spacial score (nSPS) is 18.2. The zero-order valence-corrected chi connectivity index (χ0v) is 12.9. The minimum atomic E-state index is 0.0553. The first-order valence-electron chi connectivity index (χ1n) is 7.89. The summed E-state index contributed by atoms with van der Waals surface area (Å²) in [7, 11) is 0. The molecule has 0 saturated carbocycles. The van der Waals surface area contributed by atoms with Crippen LogP contribution in [0.25, 0.3) is 22.6 Å². The average Bonchev–Trinajstić information content (AvgIpc) is 3.25. The number of para-hydroxylation sites is 2. The Labute approximate surface area is 133 Å². The third-order valence-corrected chi connectivity index (χ3v) is 4.20. The van der Waals surface area contributed by atoms with Gasteiger partial charge in [-0.1, -0.05) is 24.3 Å². The van der Waals surface area contributed by atoms with E-state index in [0.717, 1.165) is 24.0 Å². The summed E-state index contributed by atoms with van der Waals surface area (Å²) in [5.74, 6) is 0.893. The number of nitrogens with one attached hydrogen (secondary N) is 1. The Bertz CT molecular complexity index is 818. The van der Waals surface area contributed by atoms with Crippen molar-refractivity contribution < 1.29 is 4.79 Å². The Morgan fingerprint density at radius 1 is 1.35 bits per heavy atom. The molecule has 3 aromatic rings. The molecule has 4 rings (SSSR count). The molecule has 0 bridgehead atoms. The zero-order chi connectivity index (χ0) is 15.8. The van der Waals surface area contributed by atoms with Crippen LogP contribution in [0, 0.1) is 0 Å². The van der Waals surface area contributed by atoms with Gasteiger partial charge >= 0.3 is 0 Å². The highest BCUT2D eigenvalue weighted by atomic mass is 16.2. The molecule has 1 N–H and O–H groups in total. The van der Waals surface area contributed by atoms with Crippen LogP contribution in [0.3, 0.4) is 0 Å². The van der Waals surface area contributed by atoms with Crippen molar-refractivity contribution in [2.24, 2.45) is 0 Å². The number of hydrogen-bond acceptors (Lipinski definition) is 4. The first kappa shape index (κ1) is 13.9. The summed E-state index contributed by atoms with van der Waals surface area (Å²) in [6.07, 6.45) is 3.33. The van der Waals surface area contributed by atoms with Crippen LogP contribution >= 0.6 is 0 Å². The van der Waals surface area contributed by atoms with Gasteiger partial charge in [0.15, 0.2) is 5.82 Å². The number of fused-ring (bicyclic) bond motifs is 1. The summed E-state index contributed by atoms with van der Waals surface area (Å²) in [4.78, 5) is 21.7. The van der Waals surface area contributed by atoms with Crippen molar-refractivity contribution in [2.45, 2.75) is 25.8 Å². The highest BCUT2D eigenvalue weighted by molar-refractivity contribution is 5.79. The maximum absolute atomic E-state index is 12.0. The van der Waals surface area contributed by atoms with Crippen LogP contribution in [0.5, 0.6) is 0 Å². The minimum Gasteiger partial charge on any atom is -0.340 e. The molecule has 1 fully saturated rings. The van der Waals surface area contributed by atoms with Gasteiger partial charge in [0.25, 0.3) is 0 Å². The Balaban J connectivity index is 1.58. The first-order valence-corrected chi connectivity index (χ1v) is 7.89. The van der Waals surface area contributed by atoms with Crippen LogP contribution in [-0.4, -0.2) is 48.9 Å². The third kappa shape index (κ3) is 2.48. The summed E-state index contributed by atoms with van der Waals surface area (Å²) in [6.45, 7) is 3.59. The van der Waals surface area contributed by atoms with Crippen molar-refractivity contribution >= 4 is 16.9 Å². The van der Waals surface area contributed by atoms with Gasteiger partial charge in [-0.2, -0.15) is 0 Å². The number of nitrogens with zero attached hydrogens (tertiary/aromatic N) is 5. The zero-order valence-electron chi connectivity index (χ0n) is 12.9. The van der Waals surface area contributed by atoms with Crippen molar-refractivity contribution in [3.63, 3.8) is 0 Å². The topological polar surface area (TPSA) is 79.7 Å². The van der Waals surface area contributed by atoms with Crippen LogP contribution in [0.2, 0.25) is 0 Å². The number of imidazole rings is 1. The molecule has 0 unspecified atom stereocenters. The van der Waals surface area contributed by atoms with Gasteiger partial charge in [0.05, 0.1) is 29.7 Å². The quantitative estimate of drug-likeness (QED) is 0.799. The molecule has 1 amide bonds. The SMILES string of the molecule is CCCN1C[C@H](n2cc(-c3nc4ccccc4[nH]3)nn2)CC1=O. The van der Waals surface area contributed by atoms with Gasteiger partial charge in [-0.15, -0.1) is 5.10 Å². The number of carbonyl (C=O) groups excluding carboxylic acids is 1.